The second kappa shape index (κ2) is 9.92. The minimum atomic E-state index is -1.32. The van der Waals surface area contributed by atoms with Gasteiger partial charge in [-0.2, -0.15) is 5.26 Å². The van der Waals surface area contributed by atoms with E-state index in [9.17, 15) is 14.6 Å². The lowest BCUT2D eigenvalue weighted by atomic mass is 9.71. The number of anilines is 1. The second-order valence-corrected chi connectivity index (χ2v) is 13.9. The number of H-pyrrole nitrogens is 1. The number of rotatable bonds is 4. The number of hydrogen-bond donors (Lipinski definition) is 1. The Bertz CT molecular complexity index is 1520. The number of carbonyl (C=O) groups is 1. The van der Waals surface area contributed by atoms with E-state index in [1.54, 1.807) is 6.07 Å². The molecule has 2 aromatic carbocycles. The van der Waals surface area contributed by atoms with E-state index in [2.05, 4.69) is 45.1 Å². The largest absolute Gasteiger partial charge is 0.593 e. The van der Waals surface area contributed by atoms with Crippen LogP contribution < -0.4 is 4.90 Å². The Morgan fingerprint density at radius 1 is 1.00 bits per heavy atom. The lowest BCUT2D eigenvalue weighted by molar-refractivity contribution is 0.103. The maximum absolute atomic E-state index is 14.2. The molecule has 3 aliphatic heterocycles. The van der Waals surface area contributed by atoms with E-state index in [0.717, 1.165) is 84.6 Å². The minimum absolute atomic E-state index is 0.0285. The van der Waals surface area contributed by atoms with Crippen molar-refractivity contribution >= 4 is 33.7 Å². The third kappa shape index (κ3) is 4.09. The molecule has 3 aromatic rings. The molecule has 40 heavy (non-hydrogen) atoms. The van der Waals surface area contributed by atoms with Crippen molar-refractivity contribution in [1.29, 1.82) is 5.26 Å². The number of carbonyl (C=O) groups excluding carboxylic acids is 1. The van der Waals surface area contributed by atoms with Crippen LogP contribution in [0.3, 0.4) is 0 Å². The molecule has 0 bridgehead atoms. The van der Waals surface area contributed by atoms with Crippen LogP contribution in [0.5, 0.6) is 0 Å². The van der Waals surface area contributed by atoms with Gasteiger partial charge in [0, 0.05) is 65.9 Å². The molecule has 7 rings (SSSR count). The van der Waals surface area contributed by atoms with Gasteiger partial charge in [0.1, 0.15) is 0 Å². The summed E-state index contributed by atoms with van der Waals surface area (Å²) < 4.78 is 16.1. The monoisotopic (exact) mass is 555 g/mol. The number of aromatic nitrogens is 1. The highest BCUT2D eigenvalue weighted by atomic mass is 32.2. The van der Waals surface area contributed by atoms with Crippen LogP contribution in [0.2, 0.25) is 0 Å². The predicted octanol–water partition coefficient (Wildman–Crippen LogP) is 5.09. The summed E-state index contributed by atoms with van der Waals surface area (Å²) in [5, 5.41) is 10.3. The number of nitrogens with one attached hydrogen (secondary N) is 1. The van der Waals surface area contributed by atoms with Crippen LogP contribution in [0.15, 0.2) is 35.2 Å². The van der Waals surface area contributed by atoms with E-state index in [-0.39, 0.29) is 5.78 Å². The standard InChI is InChI=1S/C32H37N5O2S/c1-32(2)25-19-27(36-15-9-22(10-16-36)35-11-3-4-12-35)28(40(39)37-13-5-6-14-37)18-24(25)30(38)29-23-8-7-21(20-33)17-26(23)34-31(29)32/h7-8,17-19,22,34H,3-6,9-16H2,1-2H3. The van der Waals surface area contributed by atoms with Crippen LogP contribution in [-0.2, 0) is 16.8 Å². The van der Waals surface area contributed by atoms with Gasteiger partial charge in [-0.3, -0.25) is 4.79 Å². The Morgan fingerprint density at radius 3 is 2.40 bits per heavy atom. The van der Waals surface area contributed by atoms with E-state index in [0.29, 0.717) is 22.7 Å². The second-order valence-electron chi connectivity index (χ2n) is 12.4. The number of ketones is 1. The summed E-state index contributed by atoms with van der Waals surface area (Å²) in [5.41, 5.74) is 5.14. The van der Waals surface area contributed by atoms with Gasteiger partial charge in [-0.25, -0.2) is 0 Å². The van der Waals surface area contributed by atoms with Crippen LogP contribution >= 0.6 is 0 Å². The van der Waals surface area contributed by atoms with Crippen LogP contribution in [0.1, 0.15) is 85.1 Å². The van der Waals surface area contributed by atoms with Gasteiger partial charge in [0.15, 0.2) is 10.7 Å². The maximum atomic E-state index is 14.2. The Kier molecular flexibility index (Phi) is 6.47. The number of hydrogen-bond acceptors (Lipinski definition) is 6. The summed E-state index contributed by atoms with van der Waals surface area (Å²) in [6.07, 6.45) is 6.96. The number of nitriles is 1. The molecule has 0 radical (unpaired) electrons. The van der Waals surface area contributed by atoms with Gasteiger partial charge in [-0.15, -0.1) is 4.31 Å². The lowest BCUT2D eigenvalue weighted by Crippen LogP contribution is -2.44. The van der Waals surface area contributed by atoms with Crippen molar-refractivity contribution in [3.63, 3.8) is 0 Å². The number of piperidine rings is 1. The van der Waals surface area contributed by atoms with Crippen LogP contribution in [0.25, 0.3) is 10.9 Å². The van der Waals surface area contributed by atoms with Gasteiger partial charge in [0.05, 0.1) is 34.2 Å². The van der Waals surface area contributed by atoms with E-state index in [1.807, 2.05) is 18.2 Å². The first kappa shape index (κ1) is 26.1. The summed E-state index contributed by atoms with van der Waals surface area (Å²) >= 11 is -1.32. The van der Waals surface area contributed by atoms with E-state index >= 15 is 0 Å². The van der Waals surface area contributed by atoms with Gasteiger partial charge >= 0.3 is 0 Å². The van der Waals surface area contributed by atoms with Crippen molar-refractivity contribution in [3.8, 4) is 6.07 Å². The summed E-state index contributed by atoms with van der Waals surface area (Å²) in [6, 6.07) is 12.5. The van der Waals surface area contributed by atoms with Crippen molar-refractivity contribution in [2.45, 2.75) is 68.7 Å². The van der Waals surface area contributed by atoms with E-state index in [4.69, 9.17) is 0 Å². The molecule has 1 aromatic heterocycles. The van der Waals surface area contributed by atoms with Crippen molar-refractivity contribution in [2.75, 3.05) is 44.2 Å². The fourth-order valence-corrected chi connectivity index (χ4v) is 8.93. The van der Waals surface area contributed by atoms with Gasteiger partial charge in [-0.1, -0.05) is 19.9 Å². The third-order valence-corrected chi connectivity index (χ3v) is 11.3. The van der Waals surface area contributed by atoms with E-state index < -0.39 is 16.8 Å². The normalized spacial score (nSPS) is 22.4. The van der Waals surface area contributed by atoms with Gasteiger partial charge in [-0.05, 0) is 75.4 Å². The molecule has 1 unspecified atom stereocenters. The first-order valence-corrected chi connectivity index (χ1v) is 15.9. The Labute approximate surface area is 239 Å². The Hall–Kier alpha value is -2.83. The average molecular weight is 556 g/mol. The molecular formula is C32H37N5O2S. The third-order valence-electron chi connectivity index (χ3n) is 9.75. The molecule has 0 amide bonds. The summed E-state index contributed by atoms with van der Waals surface area (Å²) in [4.78, 5) is 23.6. The van der Waals surface area contributed by atoms with Crippen molar-refractivity contribution in [3.05, 3.63) is 58.3 Å². The highest BCUT2D eigenvalue weighted by molar-refractivity contribution is 7.89. The molecule has 1 atom stereocenters. The smallest absolute Gasteiger partial charge is 0.198 e. The number of nitrogens with zero attached hydrogens (tertiary/aromatic N) is 4. The molecule has 0 saturated carbocycles. The lowest BCUT2D eigenvalue weighted by Gasteiger charge is -2.40. The summed E-state index contributed by atoms with van der Waals surface area (Å²) in [6.45, 7) is 10.3. The molecule has 4 heterocycles. The molecule has 3 fully saturated rings. The Morgan fingerprint density at radius 2 is 1.70 bits per heavy atom. The number of likely N-dealkylation sites (tertiary alicyclic amines) is 1. The van der Waals surface area contributed by atoms with Crippen LogP contribution in [-0.4, -0.2) is 69.8 Å². The van der Waals surface area contributed by atoms with Gasteiger partial charge in [0.25, 0.3) is 0 Å². The zero-order chi connectivity index (χ0) is 27.6. The van der Waals surface area contributed by atoms with Crippen LogP contribution in [0, 0.1) is 11.3 Å². The molecule has 208 valence electrons. The first-order valence-electron chi connectivity index (χ1n) is 14.8. The number of fused-ring (bicyclic) bond motifs is 4. The maximum Gasteiger partial charge on any atom is 0.198 e. The van der Waals surface area contributed by atoms with Gasteiger partial charge < -0.3 is 19.3 Å². The summed E-state index contributed by atoms with van der Waals surface area (Å²) in [7, 11) is 0. The quantitative estimate of drug-likeness (QED) is 0.451. The fourth-order valence-electron chi connectivity index (χ4n) is 7.47. The molecular weight excluding hydrogens is 518 g/mol. The fraction of sp³-hybridized carbons (Fsp3) is 0.500. The number of benzene rings is 2. The molecule has 1 aliphatic carbocycles. The molecule has 7 nitrogen and oxygen atoms in total. The highest BCUT2D eigenvalue weighted by Crippen LogP contribution is 2.47. The van der Waals surface area contributed by atoms with Crippen molar-refractivity contribution in [1.82, 2.24) is 14.2 Å². The molecule has 4 aliphatic rings. The number of aromatic amines is 1. The van der Waals surface area contributed by atoms with Crippen molar-refractivity contribution < 1.29 is 9.35 Å². The molecule has 3 saturated heterocycles. The van der Waals surface area contributed by atoms with Gasteiger partial charge in [0.2, 0.25) is 0 Å². The Balaban J connectivity index is 1.32. The summed E-state index contributed by atoms with van der Waals surface area (Å²) in [5.74, 6) is -0.0285. The minimum Gasteiger partial charge on any atom is -0.593 e. The highest BCUT2D eigenvalue weighted by Gasteiger charge is 2.43. The predicted molar refractivity (Wildman–Crippen MR) is 158 cm³/mol. The molecule has 8 heteroatoms. The molecule has 0 spiro atoms. The SMILES string of the molecule is CC1(C)c2cc(N3CCC(N4CCCC4)CC3)c([S+]([O-])N3CCCC3)cc2C(=O)c2c1[nH]c1cc(C#N)ccc21. The average Bonchev–Trinajstić information content (AvgIpc) is 3.76. The van der Waals surface area contributed by atoms with E-state index in [1.165, 1.54) is 25.9 Å². The van der Waals surface area contributed by atoms with Crippen LogP contribution in [0.4, 0.5) is 5.69 Å². The van der Waals surface area contributed by atoms with Crippen molar-refractivity contribution in [2.24, 2.45) is 0 Å². The zero-order valence-electron chi connectivity index (χ0n) is 23.5. The first-order chi connectivity index (χ1) is 19.4. The molecule has 1 N–H and O–H groups in total. The zero-order valence-corrected chi connectivity index (χ0v) is 24.3. The topological polar surface area (TPSA) is 89.4 Å².